The smallest absolute Gasteiger partial charge is 0.265 e. The summed E-state index contributed by atoms with van der Waals surface area (Å²) in [5, 5.41) is 13.0. The molecule has 0 spiro atoms. The Morgan fingerprint density at radius 3 is 2.83 bits per heavy atom. The van der Waals surface area contributed by atoms with Gasteiger partial charge in [-0.1, -0.05) is 6.07 Å². The first-order valence-corrected chi connectivity index (χ1v) is 7.33. The number of allylic oxidation sites excluding steroid dienone is 2. The standard InChI is InChI=1S/C16H14N6O/c17-8-12-4-3-11(9-19-12)16(5-6-16)22-7-1-2-14-20-13(15(18)23)10-21(14)22/h1-4,7,9H,5-6,10H2,(H2,18,23). The first kappa shape index (κ1) is 13.5. The molecule has 2 N–H and O–H groups in total. The fourth-order valence-electron chi connectivity index (χ4n) is 3.07. The number of hydrogen-bond donors (Lipinski definition) is 1. The molecule has 0 saturated heterocycles. The van der Waals surface area contributed by atoms with Crippen molar-refractivity contribution in [2.45, 2.75) is 18.4 Å². The number of hydrazine groups is 1. The fourth-order valence-corrected chi connectivity index (χ4v) is 3.07. The number of fused-ring (bicyclic) bond motifs is 1. The van der Waals surface area contributed by atoms with E-state index >= 15 is 0 Å². The first-order chi connectivity index (χ1) is 11.1. The Hall–Kier alpha value is -3.14. The van der Waals surface area contributed by atoms with Crippen molar-refractivity contribution in [1.82, 2.24) is 15.0 Å². The predicted octanol–water partition coefficient (Wildman–Crippen LogP) is 0.770. The van der Waals surface area contributed by atoms with Crippen molar-refractivity contribution in [3.63, 3.8) is 0 Å². The van der Waals surface area contributed by atoms with Crippen LogP contribution in [0.5, 0.6) is 0 Å². The molecule has 7 nitrogen and oxygen atoms in total. The Labute approximate surface area is 133 Å². The van der Waals surface area contributed by atoms with Crippen LogP contribution in [0.4, 0.5) is 0 Å². The van der Waals surface area contributed by atoms with Crippen LogP contribution in [0.1, 0.15) is 24.1 Å². The zero-order valence-electron chi connectivity index (χ0n) is 12.3. The lowest BCUT2D eigenvalue weighted by Gasteiger charge is -2.40. The third kappa shape index (κ3) is 1.99. The molecule has 7 heteroatoms. The number of rotatable bonds is 3. The number of amides is 1. The summed E-state index contributed by atoms with van der Waals surface area (Å²) in [6.45, 7) is 0.372. The number of hydrogen-bond acceptors (Lipinski definition) is 6. The molecule has 0 aromatic carbocycles. The largest absolute Gasteiger partial charge is 0.364 e. The number of nitrogens with zero attached hydrogens (tertiary/aromatic N) is 5. The number of pyridine rings is 1. The lowest BCUT2D eigenvalue weighted by Crippen LogP contribution is -2.46. The monoisotopic (exact) mass is 306 g/mol. The summed E-state index contributed by atoms with van der Waals surface area (Å²) in [4.78, 5) is 19.9. The zero-order chi connectivity index (χ0) is 16.0. The Balaban J connectivity index is 1.66. The maximum Gasteiger partial charge on any atom is 0.265 e. The fraction of sp³-hybridized carbons (Fsp3) is 0.250. The SMILES string of the molecule is N#Cc1ccc(C2(N3C=CC=C4N=C(C(N)=O)CN43)CC2)cn1. The van der Waals surface area contributed by atoms with Gasteiger partial charge in [0.25, 0.3) is 5.91 Å². The van der Waals surface area contributed by atoms with E-state index < -0.39 is 5.91 Å². The van der Waals surface area contributed by atoms with E-state index in [0.29, 0.717) is 23.8 Å². The van der Waals surface area contributed by atoms with Gasteiger partial charge in [0.2, 0.25) is 0 Å². The lowest BCUT2D eigenvalue weighted by atomic mass is 10.1. The second kappa shape index (κ2) is 4.68. The Morgan fingerprint density at radius 2 is 2.22 bits per heavy atom. The van der Waals surface area contributed by atoms with E-state index in [9.17, 15) is 4.79 Å². The molecule has 3 heterocycles. The Bertz CT molecular complexity index is 810. The summed E-state index contributed by atoms with van der Waals surface area (Å²) in [5.74, 6) is 0.222. The highest BCUT2D eigenvalue weighted by Crippen LogP contribution is 2.53. The number of nitriles is 1. The molecule has 1 aromatic heterocycles. The topological polar surface area (TPSA) is 98.6 Å². The molecule has 2 aliphatic heterocycles. The van der Waals surface area contributed by atoms with Gasteiger partial charge in [-0.25, -0.2) is 9.98 Å². The van der Waals surface area contributed by atoms with Gasteiger partial charge >= 0.3 is 0 Å². The molecule has 0 bridgehead atoms. The minimum Gasteiger partial charge on any atom is -0.364 e. The van der Waals surface area contributed by atoms with E-state index in [1.165, 1.54) is 0 Å². The van der Waals surface area contributed by atoms with Crippen LogP contribution >= 0.6 is 0 Å². The van der Waals surface area contributed by atoms with E-state index in [1.807, 2.05) is 35.5 Å². The predicted molar refractivity (Wildman–Crippen MR) is 82.3 cm³/mol. The van der Waals surface area contributed by atoms with Gasteiger partial charge in [0.05, 0.1) is 12.1 Å². The van der Waals surface area contributed by atoms with Gasteiger partial charge in [0, 0.05) is 12.4 Å². The van der Waals surface area contributed by atoms with E-state index in [4.69, 9.17) is 11.0 Å². The van der Waals surface area contributed by atoms with Gasteiger partial charge in [-0.05, 0) is 36.6 Å². The van der Waals surface area contributed by atoms with Crippen LogP contribution in [-0.2, 0) is 10.3 Å². The molecule has 1 amide bonds. The van der Waals surface area contributed by atoms with Crippen molar-refractivity contribution in [1.29, 1.82) is 5.26 Å². The number of nitrogens with two attached hydrogens (primary N) is 1. The third-order valence-electron chi connectivity index (χ3n) is 4.41. The molecule has 0 unspecified atom stereocenters. The van der Waals surface area contributed by atoms with Gasteiger partial charge in [0.1, 0.15) is 23.3 Å². The summed E-state index contributed by atoms with van der Waals surface area (Å²) in [6, 6.07) is 5.70. The highest BCUT2D eigenvalue weighted by molar-refractivity contribution is 6.39. The molecule has 114 valence electrons. The number of aromatic nitrogens is 1. The van der Waals surface area contributed by atoms with Crippen LogP contribution in [0.15, 0.2) is 47.5 Å². The van der Waals surface area contributed by atoms with Crippen molar-refractivity contribution >= 4 is 11.6 Å². The molecule has 1 saturated carbocycles. The summed E-state index contributed by atoms with van der Waals surface area (Å²) in [7, 11) is 0. The van der Waals surface area contributed by atoms with Crippen LogP contribution in [0.2, 0.25) is 0 Å². The molecule has 23 heavy (non-hydrogen) atoms. The molecule has 0 atom stereocenters. The van der Waals surface area contributed by atoms with Crippen molar-refractivity contribution in [3.05, 3.63) is 53.8 Å². The van der Waals surface area contributed by atoms with Crippen LogP contribution in [0, 0.1) is 11.3 Å². The highest BCUT2D eigenvalue weighted by atomic mass is 16.1. The number of primary amides is 1. The normalized spacial score (nSPS) is 20.5. The van der Waals surface area contributed by atoms with Gasteiger partial charge in [-0.3, -0.25) is 14.8 Å². The maximum absolute atomic E-state index is 11.4. The molecule has 4 rings (SSSR count). The molecule has 1 fully saturated rings. The molecular formula is C16H14N6O. The van der Waals surface area contributed by atoms with Gasteiger partial charge in [-0.2, -0.15) is 5.26 Å². The second-order valence-corrected chi connectivity index (χ2v) is 5.77. The molecule has 3 aliphatic rings. The molecule has 1 aromatic rings. The van der Waals surface area contributed by atoms with Crippen LogP contribution in [0.3, 0.4) is 0 Å². The number of carbonyl (C=O) groups excluding carboxylic acids is 1. The van der Waals surface area contributed by atoms with Crippen LogP contribution in [0.25, 0.3) is 0 Å². The molecule has 1 aliphatic carbocycles. The number of aliphatic imine (C=N–C) groups is 1. The first-order valence-electron chi connectivity index (χ1n) is 7.33. The average Bonchev–Trinajstić information content (AvgIpc) is 3.25. The van der Waals surface area contributed by atoms with Crippen LogP contribution in [-0.4, -0.2) is 33.2 Å². The minimum absolute atomic E-state index is 0.195. The zero-order valence-corrected chi connectivity index (χ0v) is 12.3. The minimum atomic E-state index is -0.495. The Kier molecular flexibility index (Phi) is 2.75. The van der Waals surface area contributed by atoms with Crippen molar-refractivity contribution in [3.8, 4) is 6.07 Å². The van der Waals surface area contributed by atoms with Gasteiger partial charge in [-0.15, -0.1) is 0 Å². The summed E-state index contributed by atoms with van der Waals surface area (Å²) < 4.78 is 0. The van der Waals surface area contributed by atoms with E-state index in [2.05, 4.69) is 15.0 Å². The highest BCUT2D eigenvalue weighted by Gasteiger charge is 2.52. The van der Waals surface area contributed by atoms with E-state index in [0.717, 1.165) is 18.4 Å². The molecular weight excluding hydrogens is 292 g/mol. The van der Waals surface area contributed by atoms with Gasteiger partial charge in [0.15, 0.2) is 0 Å². The van der Waals surface area contributed by atoms with Gasteiger partial charge < -0.3 is 5.73 Å². The van der Waals surface area contributed by atoms with E-state index in [1.54, 1.807) is 12.3 Å². The summed E-state index contributed by atoms with van der Waals surface area (Å²) in [6.07, 6.45) is 9.45. The number of carbonyl (C=O) groups is 1. The van der Waals surface area contributed by atoms with E-state index in [-0.39, 0.29) is 5.54 Å². The second-order valence-electron chi connectivity index (χ2n) is 5.77. The average molecular weight is 306 g/mol. The summed E-state index contributed by atoms with van der Waals surface area (Å²) in [5.41, 5.74) is 6.98. The molecule has 0 radical (unpaired) electrons. The van der Waals surface area contributed by atoms with Crippen molar-refractivity contribution in [2.24, 2.45) is 10.7 Å². The third-order valence-corrected chi connectivity index (χ3v) is 4.41. The van der Waals surface area contributed by atoms with Crippen molar-refractivity contribution in [2.75, 3.05) is 6.54 Å². The van der Waals surface area contributed by atoms with Crippen LogP contribution < -0.4 is 5.73 Å². The lowest BCUT2D eigenvalue weighted by molar-refractivity contribution is -0.112. The van der Waals surface area contributed by atoms with Crippen molar-refractivity contribution < 1.29 is 4.79 Å². The Morgan fingerprint density at radius 1 is 1.39 bits per heavy atom. The maximum atomic E-state index is 11.4. The summed E-state index contributed by atoms with van der Waals surface area (Å²) >= 11 is 0. The quantitative estimate of drug-likeness (QED) is 0.889.